The van der Waals surface area contributed by atoms with Gasteiger partial charge >= 0.3 is 0 Å². The number of hydrogen-bond donors (Lipinski definition) is 1. The van der Waals surface area contributed by atoms with Crippen LogP contribution in [0.15, 0.2) is 41.8 Å². The predicted octanol–water partition coefficient (Wildman–Crippen LogP) is 5.24. The molecular weight excluding hydrogens is 337 g/mol. The largest absolute Gasteiger partial charge is 0.383 e. The molecule has 2 heterocycles. The lowest BCUT2D eigenvalue weighted by atomic mass is 10.0. The first kappa shape index (κ1) is 14.9. The topological polar surface area (TPSA) is 62.7 Å². The van der Waals surface area contributed by atoms with Crippen LogP contribution in [0.2, 0.25) is 10.0 Å². The zero-order valence-corrected chi connectivity index (χ0v) is 13.5. The number of nitrogens with zero attached hydrogens (tertiary/aromatic N) is 2. The Bertz CT molecular complexity index is 883. The third-order valence-electron chi connectivity index (χ3n) is 3.15. The summed E-state index contributed by atoms with van der Waals surface area (Å²) in [6.07, 6.45) is 0. The maximum atomic E-state index is 9.34. The van der Waals surface area contributed by atoms with Crippen LogP contribution >= 0.6 is 34.5 Å². The van der Waals surface area contributed by atoms with Crippen molar-refractivity contribution < 1.29 is 0 Å². The summed E-state index contributed by atoms with van der Waals surface area (Å²) in [4.78, 5) is 5.26. The molecule has 0 aliphatic carbocycles. The van der Waals surface area contributed by atoms with Gasteiger partial charge in [-0.1, -0.05) is 29.3 Å². The normalized spacial score (nSPS) is 10.4. The summed E-state index contributed by atoms with van der Waals surface area (Å²) in [5.74, 6) is 0.189. The van der Waals surface area contributed by atoms with Gasteiger partial charge < -0.3 is 5.73 Å². The number of nitriles is 1. The second-order valence-corrected chi connectivity index (χ2v) is 6.32. The second-order valence-electron chi connectivity index (χ2n) is 4.53. The predicted molar refractivity (Wildman–Crippen MR) is 92.1 cm³/mol. The average Bonchev–Trinajstić information content (AvgIpc) is 3.00. The van der Waals surface area contributed by atoms with E-state index in [0.29, 0.717) is 21.3 Å². The van der Waals surface area contributed by atoms with Gasteiger partial charge in [0.25, 0.3) is 0 Å². The molecule has 0 bridgehead atoms. The fourth-order valence-electron chi connectivity index (χ4n) is 2.14. The highest BCUT2D eigenvalue weighted by molar-refractivity contribution is 7.13. The highest BCUT2D eigenvalue weighted by atomic mass is 35.5. The summed E-state index contributed by atoms with van der Waals surface area (Å²) in [6, 6.07) is 13.0. The molecule has 108 valence electrons. The number of nitrogens with two attached hydrogens (primary N) is 1. The number of rotatable bonds is 2. The molecule has 0 unspecified atom stereocenters. The van der Waals surface area contributed by atoms with Crippen molar-refractivity contribution in [3.8, 4) is 27.8 Å². The van der Waals surface area contributed by atoms with Gasteiger partial charge in [0.05, 0.1) is 10.7 Å². The minimum atomic E-state index is 0.189. The van der Waals surface area contributed by atoms with Crippen LogP contribution in [0.1, 0.15) is 5.56 Å². The van der Waals surface area contributed by atoms with Crippen molar-refractivity contribution in [2.75, 3.05) is 5.73 Å². The van der Waals surface area contributed by atoms with Crippen LogP contribution in [0.4, 0.5) is 5.82 Å². The molecule has 0 fully saturated rings. The molecule has 0 aliphatic rings. The van der Waals surface area contributed by atoms with Crippen molar-refractivity contribution in [2.45, 2.75) is 0 Å². The number of halogens is 2. The van der Waals surface area contributed by atoms with E-state index in [0.717, 1.165) is 16.0 Å². The van der Waals surface area contributed by atoms with Crippen molar-refractivity contribution in [1.29, 1.82) is 5.26 Å². The molecule has 0 spiro atoms. The first-order valence-corrected chi connectivity index (χ1v) is 7.93. The van der Waals surface area contributed by atoms with Gasteiger partial charge in [0.1, 0.15) is 17.5 Å². The lowest BCUT2D eigenvalue weighted by Crippen LogP contribution is -1.99. The quantitative estimate of drug-likeness (QED) is 0.690. The summed E-state index contributed by atoms with van der Waals surface area (Å²) >= 11 is 13.7. The summed E-state index contributed by atoms with van der Waals surface area (Å²) in [5, 5.41) is 12.3. The number of aromatic nitrogens is 1. The monoisotopic (exact) mass is 345 g/mol. The standard InChI is InChI=1S/C16H9Cl2N3S/c17-9-3-4-10(13(18)6-9)14-7-11(15-2-1-5-22-15)12(8-19)16(20)21-14/h1-7H,(H2,20,21). The highest BCUT2D eigenvalue weighted by Crippen LogP contribution is 2.36. The van der Waals surface area contributed by atoms with Crippen LogP contribution in [-0.2, 0) is 0 Å². The number of nitrogen functional groups attached to an aromatic ring is 1. The van der Waals surface area contributed by atoms with Crippen molar-refractivity contribution >= 4 is 40.4 Å². The summed E-state index contributed by atoms with van der Waals surface area (Å²) in [6.45, 7) is 0. The van der Waals surface area contributed by atoms with E-state index in [4.69, 9.17) is 28.9 Å². The van der Waals surface area contributed by atoms with Crippen molar-refractivity contribution in [1.82, 2.24) is 4.98 Å². The Morgan fingerprint density at radius 3 is 2.59 bits per heavy atom. The molecule has 2 N–H and O–H groups in total. The van der Waals surface area contributed by atoms with E-state index in [1.54, 1.807) is 18.2 Å². The molecule has 3 nitrogen and oxygen atoms in total. The van der Waals surface area contributed by atoms with Gasteiger partial charge in [-0.3, -0.25) is 0 Å². The Morgan fingerprint density at radius 2 is 1.95 bits per heavy atom. The maximum Gasteiger partial charge on any atom is 0.142 e. The smallest absolute Gasteiger partial charge is 0.142 e. The van der Waals surface area contributed by atoms with Gasteiger partial charge in [-0.25, -0.2) is 4.98 Å². The third-order valence-corrected chi connectivity index (χ3v) is 4.60. The molecule has 3 aromatic rings. The Hall–Kier alpha value is -2.06. The molecule has 0 radical (unpaired) electrons. The van der Waals surface area contributed by atoms with Crippen LogP contribution in [-0.4, -0.2) is 4.98 Å². The van der Waals surface area contributed by atoms with Crippen LogP contribution in [0.5, 0.6) is 0 Å². The molecular formula is C16H9Cl2N3S. The van der Waals surface area contributed by atoms with Crippen molar-refractivity contribution in [3.05, 3.63) is 57.4 Å². The van der Waals surface area contributed by atoms with Gasteiger partial charge in [-0.2, -0.15) is 5.26 Å². The van der Waals surface area contributed by atoms with E-state index >= 15 is 0 Å². The van der Waals surface area contributed by atoms with Gasteiger partial charge in [0.15, 0.2) is 0 Å². The summed E-state index contributed by atoms with van der Waals surface area (Å²) in [7, 11) is 0. The molecule has 0 amide bonds. The van der Waals surface area contributed by atoms with Crippen molar-refractivity contribution in [3.63, 3.8) is 0 Å². The summed E-state index contributed by atoms with van der Waals surface area (Å²) < 4.78 is 0. The lowest BCUT2D eigenvalue weighted by molar-refractivity contribution is 1.31. The lowest BCUT2D eigenvalue weighted by Gasteiger charge is -2.10. The zero-order chi connectivity index (χ0) is 15.7. The number of hydrogen-bond acceptors (Lipinski definition) is 4. The van der Waals surface area contributed by atoms with Crippen molar-refractivity contribution in [2.24, 2.45) is 0 Å². The number of benzene rings is 1. The van der Waals surface area contributed by atoms with Crippen LogP contribution in [0, 0.1) is 11.3 Å². The van der Waals surface area contributed by atoms with Crippen LogP contribution in [0.25, 0.3) is 21.7 Å². The van der Waals surface area contributed by atoms with E-state index < -0.39 is 0 Å². The SMILES string of the molecule is N#Cc1c(-c2cccs2)cc(-c2ccc(Cl)cc2Cl)nc1N. The highest BCUT2D eigenvalue weighted by Gasteiger charge is 2.15. The van der Waals surface area contributed by atoms with E-state index in [-0.39, 0.29) is 5.82 Å². The molecule has 0 atom stereocenters. The average molecular weight is 346 g/mol. The number of pyridine rings is 1. The Morgan fingerprint density at radius 1 is 1.14 bits per heavy atom. The number of thiophene rings is 1. The third kappa shape index (κ3) is 2.67. The van der Waals surface area contributed by atoms with Gasteiger partial charge in [0.2, 0.25) is 0 Å². The second kappa shape index (κ2) is 5.98. The molecule has 6 heteroatoms. The Labute approximate surface area is 141 Å². The Kier molecular flexibility index (Phi) is 4.04. The first-order chi connectivity index (χ1) is 10.6. The van der Waals surface area contributed by atoms with Gasteiger partial charge in [0, 0.05) is 21.0 Å². The van der Waals surface area contributed by atoms with E-state index in [1.807, 2.05) is 23.6 Å². The van der Waals surface area contributed by atoms with Gasteiger partial charge in [-0.05, 0) is 35.7 Å². The first-order valence-electron chi connectivity index (χ1n) is 6.30. The van der Waals surface area contributed by atoms with E-state index in [2.05, 4.69) is 11.1 Å². The van der Waals surface area contributed by atoms with E-state index in [9.17, 15) is 5.26 Å². The molecule has 2 aromatic heterocycles. The fraction of sp³-hybridized carbons (Fsp3) is 0. The molecule has 0 saturated heterocycles. The molecule has 0 saturated carbocycles. The van der Waals surface area contributed by atoms with E-state index in [1.165, 1.54) is 11.3 Å². The van der Waals surface area contributed by atoms with Gasteiger partial charge in [-0.15, -0.1) is 11.3 Å². The molecule has 3 rings (SSSR count). The molecule has 1 aromatic carbocycles. The molecule has 22 heavy (non-hydrogen) atoms. The number of anilines is 1. The zero-order valence-electron chi connectivity index (χ0n) is 11.2. The summed E-state index contributed by atoms with van der Waals surface area (Å²) in [5.41, 5.74) is 8.42. The minimum Gasteiger partial charge on any atom is -0.383 e. The van der Waals surface area contributed by atoms with Crippen LogP contribution in [0.3, 0.4) is 0 Å². The maximum absolute atomic E-state index is 9.34. The molecule has 0 aliphatic heterocycles. The van der Waals surface area contributed by atoms with Crippen LogP contribution < -0.4 is 5.73 Å². The Balaban J connectivity index is 2.25. The minimum absolute atomic E-state index is 0.189. The fourth-order valence-corrected chi connectivity index (χ4v) is 3.40.